The zero-order valence-corrected chi connectivity index (χ0v) is 10.1. The summed E-state index contributed by atoms with van der Waals surface area (Å²) in [7, 11) is 0. The summed E-state index contributed by atoms with van der Waals surface area (Å²) in [4.78, 5) is 17.1. The van der Waals surface area contributed by atoms with Gasteiger partial charge in [0.25, 0.3) is 5.56 Å². The van der Waals surface area contributed by atoms with Crippen LogP contribution in [0, 0.1) is 0 Å². The van der Waals surface area contributed by atoms with E-state index in [9.17, 15) is 4.79 Å². The Morgan fingerprint density at radius 3 is 2.76 bits per heavy atom. The molecule has 2 aliphatic rings. The molecule has 0 bridgehead atoms. The molecule has 0 unspecified atom stereocenters. The SMILES string of the molecule is O=c1c2c(nc3n1C=CCC3)CCCCCC2. The Morgan fingerprint density at radius 1 is 1.06 bits per heavy atom. The first-order chi connectivity index (χ1) is 8.36. The van der Waals surface area contributed by atoms with Gasteiger partial charge in [0.1, 0.15) is 5.82 Å². The van der Waals surface area contributed by atoms with E-state index in [2.05, 4.69) is 6.08 Å². The summed E-state index contributed by atoms with van der Waals surface area (Å²) < 4.78 is 1.75. The van der Waals surface area contributed by atoms with Crippen molar-refractivity contribution >= 4 is 6.20 Å². The highest BCUT2D eigenvalue weighted by Gasteiger charge is 2.17. The van der Waals surface area contributed by atoms with Crippen LogP contribution in [0.5, 0.6) is 0 Å². The second-order valence-electron chi connectivity index (χ2n) is 4.97. The van der Waals surface area contributed by atoms with Gasteiger partial charge in [0.15, 0.2) is 0 Å². The van der Waals surface area contributed by atoms with Crippen LogP contribution in [0.4, 0.5) is 0 Å². The van der Waals surface area contributed by atoms with Gasteiger partial charge < -0.3 is 0 Å². The van der Waals surface area contributed by atoms with E-state index < -0.39 is 0 Å². The Bertz CT molecular complexity index is 514. The van der Waals surface area contributed by atoms with Gasteiger partial charge in [-0.05, 0) is 32.1 Å². The van der Waals surface area contributed by atoms with Crippen LogP contribution in [0.2, 0.25) is 0 Å². The number of hydrogen-bond acceptors (Lipinski definition) is 2. The molecule has 17 heavy (non-hydrogen) atoms. The van der Waals surface area contributed by atoms with E-state index in [1.54, 1.807) is 4.57 Å². The van der Waals surface area contributed by atoms with Crippen molar-refractivity contribution in [2.45, 2.75) is 51.4 Å². The minimum atomic E-state index is 0.183. The zero-order valence-electron chi connectivity index (χ0n) is 10.1. The molecule has 0 spiro atoms. The molecule has 1 aromatic rings. The topological polar surface area (TPSA) is 34.9 Å². The number of allylic oxidation sites excluding steroid dienone is 1. The molecule has 3 rings (SSSR count). The fraction of sp³-hybridized carbons (Fsp3) is 0.571. The molecule has 1 aromatic heterocycles. The van der Waals surface area contributed by atoms with Gasteiger partial charge in [0.2, 0.25) is 0 Å². The highest BCUT2D eigenvalue weighted by molar-refractivity contribution is 5.32. The van der Waals surface area contributed by atoms with Crippen LogP contribution in [0.25, 0.3) is 6.20 Å². The van der Waals surface area contributed by atoms with Crippen LogP contribution in [0.1, 0.15) is 49.2 Å². The molecule has 0 saturated carbocycles. The lowest BCUT2D eigenvalue weighted by atomic mass is 9.97. The van der Waals surface area contributed by atoms with Crippen LogP contribution in [0.3, 0.4) is 0 Å². The van der Waals surface area contributed by atoms with Crippen LogP contribution >= 0.6 is 0 Å². The number of fused-ring (bicyclic) bond motifs is 2. The highest BCUT2D eigenvalue weighted by Crippen LogP contribution is 2.18. The van der Waals surface area contributed by atoms with Crippen LogP contribution in [-0.2, 0) is 19.3 Å². The third kappa shape index (κ3) is 1.94. The van der Waals surface area contributed by atoms with Gasteiger partial charge in [-0.2, -0.15) is 0 Å². The van der Waals surface area contributed by atoms with E-state index >= 15 is 0 Å². The number of aromatic nitrogens is 2. The predicted octanol–water partition coefficient (Wildman–Crippen LogP) is 2.32. The van der Waals surface area contributed by atoms with Gasteiger partial charge in [-0.1, -0.05) is 18.9 Å². The minimum absolute atomic E-state index is 0.183. The first-order valence-electron chi connectivity index (χ1n) is 6.66. The normalized spacial score (nSPS) is 19.1. The summed E-state index contributed by atoms with van der Waals surface area (Å²) in [5, 5.41) is 0. The Kier molecular flexibility index (Phi) is 2.83. The molecule has 0 atom stereocenters. The molecule has 90 valence electrons. The molecule has 1 aliphatic carbocycles. The fourth-order valence-electron chi connectivity index (χ4n) is 2.79. The van der Waals surface area contributed by atoms with Gasteiger partial charge >= 0.3 is 0 Å². The summed E-state index contributed by atoms with van der Waals surface area (Å²) in [6, 6.07) is 0. The van der Waals surface area contributed by atoms with Crippen LogP contribution in [0.15, 0.2) is 10.9 Å². The molecular formula is C14H18N2O. The van der Waals surface area contributed by atoms with E-state index in [0.717, 1.165) is 49.2 Å². The fourth-order valence-corrected chi connectivity index (χ4v) is 2.79. The zero-order chi connectivity index (χ0) is 11.7. The molecular weight excluding hydrogens is 212 g/mol. The molecule has 3 heteroatoms. The van der Waals surface area contributed by atoms with Gasteiger partial charge in [0.05, 0.1) is 5.69 Å². The maximum atomic E-state index is 12.4. The lowest BCUT2D eigenvalue weighted by Crippen LogP contribution is -2.29. The highest BCUT2D eigenvalue weighted by atomic mass is 16.1. The summed E-state index contributed by atoms with van der Waals surface area (Å²) in [5.74, 6) is 0.955. The lowest BCUT2D eigenvalue weighted by Gasteiger charge is -2.18. The second-order valence-corrected chi connectivity index (χ2v) is 4.97. The second kappa shape index (κ2) is 4.47. The molecule has 0 fully saturated rings. The minimum Gasteiger partial charge on any atom is -0.272 e. The van der Waals surface area contributed by atoms with Gasteiger partial charge in [-0.15, -0.1) is 0 Å². The summed E-state index contributed by atoms with van der Waals surface area (Å²) in [6.07, 6.45) is 12.6. The molecule has 3 nitrogen and oxygen atoms in total. The van der Waals surface area contributed by atoms with E-state index in [-0.39, 0.29) is 5.56 Å². The molecule has 2 heterocycles. The Labute approximate surface area is 101 Å². The van der Waals surface area contributed by atoms with Crippen LogP contribution < -0.4 is 5.56 Å². The molecule has 0 saturated heterocycles. The van der Waals surface area contributed by atoms with Crippen molar-refractivity contribution in [2.24, 2.45) is 0 Å². The molecule has 0 aromatic carbocycles. The largest absolute Gasteiger partial charge is 0.272 e. The number of nitrogens with zero attached hydrogens (tertiary/aromatic N) is 2. The van der Waals surface area contributed by atoms with E-state index in [0.29, 0.717) is 0 Å². The predicted molar refractivity (Wildman–Crippen MR) is 68.0 cm³/mol. The van der Waals surface area contributed by atoms with Crippen molar-refractivity contribution in [3.63, 3.8) is 0 Å². The summed E-state index contributed by atoms with van der Waals surface area (Å²) >= 11 is 0. The third-order valence-corrected chi connectivity index (χ3v) is 3.75. The van der Waals surface area contributed by atoms with Crippen molar-refractivity contribution in [2.75, 3.05) is 0 Å². The van der Waals surface area contributed by atoms with Crippen molar-refractivity contribution in [3.8, 4) is 0 Å². The average molecular weight is 230 g/mol. The first kappa shape index (κ1) is 10.8. The maximum Gasteiger partial charge on any atom is 0.261 e. The van der Waals surface area contributed by atoms with Gasteiger partial charge in [-0.25, -0.2) is 4.98 Å². The average Bonchev–Trinajstić information content (AvgIpc) is 2.32. The van der Waals surface area contributed by atoms with E-state index in [1.807, 2.05) is 6.20 Å². The smallest absolute Gasteiger partial charge is 0.261 e. The summed E-state index contributed by atoms with van der Waals surface area (Å²) in [6.45, 7) is 0. The van der Waals surface area contributed by atoms with Crippen molar-refractivity contribution in [1.82, 2.24) is 9.55 Å². The molecule has 0 radical (unpaired) electrons. The van der Waals surface area contributed by atoms with Crippen molar-refractivity contribution < 1.29 is 0 Å². The molecule has 0 N–H and O–H groups in total. The third-order valence-electron chi connectivity index (χ3n) is 3.75. The van der Waals surface area contributed by atoms with Gasteiger partial charge in [0, 0.05) is 18.2 Å². The van der Waals surface area contributed by atoms with Gasteiger partial charge in [-0.3, -0.25) is 9.36 Å². The van der Waals surface area contributed by atoms with E-state index in [4.69, 9.17) is 4.98 Å². The first-order valence-corrected chi connectivity index (χ1v) is 6.66. The summed E-state index contributed by atoms with van der Waals surface area (Å²) in [5.41, 5.74) is 2.24. The molecule has 1 aliphatic heterocycles. The number of rotatable bonds is 0. The Hall–Kier alpha value is -1.38. The Balaban J connectivity index is 2.14. The lowest BCUT2D eigenvalue weighted by molar-refractivity contribution is 0.593. The van der Waals surface area contributed by atoms with Crippen molar-refractivity contribution in [1.29, 1.82) is 0 Å². The Morgan fingerprint density at radius 2 is 1.88 bits per heavy atom. The monoisotopic (exact) mass is 230 g/mol. The maximum absolute atomic E-state index is 12.4. The quantitative estimate of drug-likeness (QED) is 0.685. The van der Waals surface area contributed by atoms with E-state index in [1.165, 1.54) is 19.3 Å². The van der Waals surface area contributed by atoms with Crippen molar-refractivity contribution in [3.05, 3.63) is 33.5 Å². The standard InChI is InChI=1S/C14H18N2O/c17-14-11-7-3-1-2-4-8-12(11)15-13-9-5-6-10-16(13)14/h6,10H,1-5,7-9H2. The van der Waals surface area contributed by atoms with Crippen LogP contribution in [-0.4, -0.2) is 9.55 Å². The molecule has 0 amide bonds. The number of aryl methyl sites for hydroxylation is 2. The number of hydrogen-bond donors (Lipinski definition) is 0.